The Balaban J connectivity index is 1.67. The molecule has 8 nitrogen and oxygen atoms in total. The van der Waals surface area contributed by atoms with Crippen LogP contribution in [0, 0.1) is 0 Å². The van der Waals surface area contributed by atoms with Gasteiger partial charge in [-0.05, 0) is 48.4 Å². The van der Waals surface area contributed by atoms with Crippen molar-refractivity contribution in [2.75, 3.05) is 0 Å². The summed E-state index contributed by atoms with van der Waals surface area (Å²) in [6, 6.07) is 18.9. The van der Waals surface area contributed by atoms with Crippen LogP contribution >= 0.6 is 23.2 Å². The number of hydrazone groups is 1. The van der Waals surface area contributed by atoms with Crippen molar-refractivity contribution < 1.29 is 24.2 Å². The summed E-state index contributed by atoms with van der Waals surface area (Å²) in [4.78, 5) is 36.7. The Bertz CT molecular complexity index is 1250. The Labute approximate surface area is 217 Å². The second-order valence-electron chi connectivity index (χ2n) is 7.75. The number of ether oxygens (including phenoxy) is 1. The highest BCUT2D eigenvalue weighted by Crippen LogP contribution is 2.28. The monoisotopic (exact) mass is 527 g/mol. The van der Waals surface area contributed by atoms with E-state index >= 15 is 0 Å². The highest BCUT2D eigenvalue weighted by molar-refractivity contribution is 6.35. The molecule has 0 aliphatic heterocycles. The molecule has 0 aliphatic rings. The molecule has 0 aromatic heterocycles. The number of carboxylic acids is 1. The molecule has 0 bridgehead atoms. The zero-order chi connectivity index (χ0) is 26.1. The molecule has 2 atom stereocenters. The largest absolute Gasteiger partial charge is 0.479 e. The predicted molar refractivity (Wildman–Crippen MR) is 138 cm³/mol. The van der Waals surface area contributed by atoms with Gasteiger partial charge in [0.25, 0.3) is 11.8 Å². The van der Waals surface area contributed by atoms with Crippen molar-refractivity contribution in [2.45, 2.75) is 25.5 Å². The summed E-state index contributed by atoms with van der Waals surface area (Å²) in [6.07, 6.45) is 0.639. The molecule has 0 radical (unpaired) electrons. The van der Waals surface area contributed by atoms with Crippen LogP contribution < -0.4 is 15.5 Å². The van der Waals surface area contributed by atoms with Gasteiger partial charge in [0, 0.05) is 11.4 Å². The Morgan fingerprint density at radius 3 is 2.33 bits per heavy atom. The third-order valence-corrected chi connectivity index (χ3v) is 5.56. The number of nitrogens with one attached hydrogen (secondary N) is 2. The lowest BCUT2D eigenvalue weighted by Gasteiger charge is -2.21. The number of hydrogen-bond donors (Lipinski definition) is 3. The average Bonchev–Trinajstić information content (AvgIpc) is 2.86. The summed E-state index contributed by atoms with van der Waals surface area (Å²) in [6.45, 7) is 1.54. The highest BCUT2D eigenvalue weighted by atomic mass is 35.5. The minimum atomic E-state index is -1.04. The van der Waals surface area contributed by atoms with Crippen LogP contribution in [0.25, 0.3) is 0 Å². The number of carboxylic acid groups (broad SMARTS) is 1. The van der Waals surface area contributed by atoms with E-state index in [2.05, 4.69) is 15.8 Å². The van der Waals surface area contributed by atoms with E-state index in [0.717, 1.165) is 5.56 Å². The van der Waals surface area contributed by atoms with Gasteiger partial charge in [0.2, 0.25) is 0 Å². The number of carbonyl (C=O) groups is 3. The minimum Gasteiger partial charge on any atom is -0.479 e. The molecule has 0 aliphatic carbocycles. The minimum absolute atomic E-state index is 0.137. The van der Waals surface area contributed by atoms with E-state index in [-0.39, 0.29) is 22.8 Å². The van der Waals surface area contributed by atoms with E-state index in [0.29, 0.717) is 10.6 Å². The van der Waals surface area contributed by atoms with Gasteiger partial charge in [-0.15, -0.1) is 0 Å². The van der Waals surface area contributed by atoms with Crippen molar-refractivity contribution in [3.8, 4) is 5.75 Å². The fourth-order valence-corrected chi connectivity index (χ4v) is 3.58. The Hall–Kier alpha value is -3.88. The molecule has 186 valence electrons. The van der Waals surface area contributed by atoms with E-state index in [1.165, 1.54) is 31.3 Å². The van der Waals surface area contributed by atoms with Gasteiger partial charge < -0.3 is 15.2 Å². The summed E-state index contributed by atoms with van der Waals surface area (Å²) in [7, 11) is 0. The second kappa shape index (κ2) is 12.7. The molecular weight excluding hydrogens is 505 g/mol. The zero-order valence-electron chi connectivity index (χ0n) is 19.2. The molecule has 0 spiro atoms. The van der Waals surface area contributed by atoms with Gasteiger partial charge in [0.1, 0.15) is 11.8 Å². The SMILES string of the molecule is C[C@H](Oc1ccc(Cl)cc1Cl)C(=O)N[C@@H](Cc1ccccc1)C(=O)N/N=C\c1ccc(C(=O)O)cc1. The Kier molecular flexibility index (Phi) is 9.44. The molecule has 2 amide bonds. The number of rotatable bonds is 10. The average molecular weight is 528 g/mol. The standard InChI is InChI=1S/C26H23Cl2N3O5/c1-16(36-23-12-11-20(27)14-21(23)28)24(32)30-22(13-17-5-3-2-4-6-17)25(33)31-29-15-18-7-9-19(10-8-18)26(34)35/h2-12,14-16,22H,13H2,1H3,(H,30,32)(H,31,33)(H,34,35)/b29-15-/t16-,22-/m0/s1. The summed E-state index contributed by atoms with van der Waals surface area (Å²) < 4.78 is 5.65. The number of nitrogens with zero attached hydrogens (tertiary/aromatic N) is 1. The van der Waals surface area contributed by atoms with Crippen LogP contribution in [0.4, 0.5) is 0 Å². The highest BCUT2D eigenvalue weighted by Gasteiger charge is 2.25. The van der Waals surface area contributed by atoms with Crippen molar-refractivity contribution in [3.63, 3.8) is 0 Å². The van der Waals surface area contributed by atoms with Crippen LogP contribution in [0.1, 0.15) is 28.4 Å². The number of amides is 2. The first kappa shape index (κ1) is 26.7. The van der Waals surface area contributed by atoms with Crippen molar-refractivity contribution in [2.24, 2.45) is 5.10 Å². The topological polar surface area (TPSA) is 117 Å². The first-order chi connectivity index (χ1) is 17.2. The van der Waals surface area contributed by atoms with Crippen LogP contribution in [0.5, 0.6) is 5.75 Å². The van der Waals surface area contributed by atoms with E-state index in [9.17, 15) is 14.4 Å². The zero-order valence-corrected chi connectivity index (χ0v) is 20.7. The quantitative estimate of drug-likeness (QED) is 0.268. The van der Waals surface area contributed by atoms with Crippen molar-refractivity contribution in [3.05, 3.63) is 99.5 Å². The Morgan fingerprint density at radius 2 is 1.69 bits per heavy atom. The molecule has 36 heavy (non-hydrogen) atoms. The summed E-state index contributed by atoms with van der Waals surface area (Å²) in [5, 5.41) is 16.3. The van der Waals surface area contributed by atoms with Gasteiger partial charge in [-0.3, -0.25) is 9.59 Å². The first-order valence-electron chi connectivity index (χ1n) is 10.8. The predicted octanol–water partition coefficient (Wildman–Crippen LogP) is 4.34. The van der Waals surface area contributed by atoms with Gasteiger partial charge in [0.15, 0.2) is 6.10 Å². The van der Waals surface area contributed by atoms with E-state index < -0.39 is 29.9 Å². The molecule has 0 unspecified atom stereocenters. The van der Waals surface area contributed by atoms with Gasteiger partial charge in [-0.1, -0.05) is 65.7 Å². The molecule has 3 aromatic carbocycles. The fraction of sp³-hybridized carbons (Fsp3) is 0.154. The van der Waals surface area contributed by atoms with Gasteiger partial charge >= 0.3 is 5.97 Å². The first-order valence-corrected chi connectivity index (χ1v) is 11.6. The van der Waals surface area contributed by atoms with Crippen LogP contribution in [-0.2, 0) is 16.0 Å². The van der Waals surface area contributed by atoms with Gasteiger partial charge in [0.05, 0.1) is 16.8 Å². The number of hydrogen-bond acceptors (Lipinski definition) is 5. The Morgan fingerprint density at radius 1 is 1.00 bits per heavy atom. The van der Waals surface area contributed by atoms with Gasteiger partial charge in [-0.25, -0.2) is 10.2 Å². The molecule has 0 saturated heterocycles. The van der Waals surface area contributed by atoms with Crippen molar-refractivity contribution in [1.29, 1.82) is 0 Å². The van der Waals surface area contributed by atoms with E-state index in [1.54, 1.807) is 24.3 Å². The normalized spacial score (nSPS) is 12.5. The molecule has 10 heteroatoms. The molecule has 3 rings (SSSR count). The molecule has 0 saturated carbocycles. The lowest BCUT2D eigenvalue weighted by atomic mass is 10.1. The van der Waals surface area contributed by atoms with Crippen LogP contribution in [-0.4, -0.2) is 41.3 Å². The second-order valence-corrected chi connectivity index (χ2v) is 8.59. The van der Waals surface area contributed by atoms with Crippen molar-refractivity contribution >= 4 is 47.2 Å². The van der Waals surface area contributed by atoms with Crippen LogP contribution in [0.15, 0.2) is 77.9 Å². The molecule has 3 N–H and O–H groups in total. The lowest BCUT2D eigenvalue weighted by molar-refractivity contribution is -0.132. The van der Waals surface area contributed by atoms with Crippen LogP contribution in [0.2, 0.25) is 10.0 Å². The maximum atomic E-state index is 12.9. The van der Waals surface area contributed by atoms with Crippen LogP contribution in [0.3, 0.4) is 0 Å². The maximum Gasteiger partial charge on any atom is 0.335 e. The number of carbonyl (C=O) groups excluding carboxylic acids is 2. The van der Waals surface area contributed by atoms with Crippen molar-refractivity contribution in [1.82, 2.24) is 10.7 Å². The summed E-state index contributed by atoms with van der Waals surface area (Å²) in [5.74, 6) is -1.82. The number of aromatic carboxylic acids is 1. The molecular formula is C26H23Cl2N3O5. The summed E-state index contributed by atoms with van der Waals surface area (Å²) in [5.41, 5.74) is 3.98. The molecule has 0 fully saturated rings. The smallest absolute Gasteiger partial charge is 0.335 e. The lowest BCUT2D eigenvalue weighted by Crippen LogP contribution is -2.50. The van der Waals surface area contributed by atoms with E-state index in [1.807, 2.05) is 30.3 Å². The van der Waals surface area contributed by atoms with Gasteiger partial charge in [-0.2, -0.15) is 5.10 Å². The van der Waals surface area contributed by atoms with E-state index in [4.69, 9.17) is 33.0 Å². The third-order valence-electron chi connectivity index (χ3n) is 5.03. The molecule has 0 heterocycles. The number of halogens is 2. The third kappa shape index (κ3) is 7.83. The summed E-state index contributed by atoms with van der Waals surface area (Å²) >= 11 is 12.0. The number of benzene rings is 3. The fourth-order valence-electron chi connectivity index (χ4n) is 3.12. The molecule has 3 aromatic rings. The maximum absolute atomic E-state index is 12.9.